The largest absolute Gasteiger partial charge is 0.450 e. The van der Waals surface area contributed by atoms with E-state index in [-0.39, 0.29) is 0 Å². The lowest BCUT2D eigenvalue weighted by molar-refractivity contribution is 0.188. The molecule has 0 amide bonds. The van der Waals surface area contributed by atoms with Crippen LogP contribution in [0.1, 0.15) is 5.56 Å². The summed E-state index contributed by atoms with van der Waals surface area (Å²) in [6.45, 7) is 0.387. The van der Waals surface area contributed by atoms with Gasteiger partial charge in [-0.05, 0) is 17.7 Å². The summed E-state index contributed by atoms with van der Waals surface area (Å²) in [6, 6.07) is 17.7. The molecule has 2 N–H and O–H groups in total. The van der Waals surface area contributed by atoms with Gasteiger partial charge in [0.1, 0.15) is 17.4 Å². The molecule has 0 aliphatic rings. The smallest absolute Gasteiger partial charge is 0.196 e. The maximum atomic E-state index is 10.2. The second-order valence-electron chi connectivity index (χ2n) is 5.72. The third kappa shape index (κ3) is 2.81. The van der Waals surface area contributed by atoms with Gasteiger partial charge in [-0.25, -0.2) is 9.97 Å². The Morgan fingerprint density at radius 1 is 1.00 bits per heavy atom. The topological polar surface area (TPSA) is 71.2 Å². The first-order valence-corrected chi connectivity index (χ1v) is 7.89. The van der Waals surface area contributed by atoms with Crippen LogP contribution in [0.5, 0.6) is 0 Å². The van der Waals surface area contributed by atoms with Gasteiger partial charge in [0.15, 0.2) is 11.4 Å². The van der Waals surface area contributed by atoms with Crippen molar-refractivity contribution in [3.05, 3.63) is 66.5 Å². The molecule has 0 bridgehead atoms. The fraction of sp³-hybridized carbons (Fsp3) is 0.158. The van der Waals surface area contributed by atoms with Crippen molar-refractivity contribution in [2.45, 2.75) is 12.5 Å². The first-order valence-electron chi connectivity index (χ1n) is 7.89. The van der Waals surface area contributed by atoms with Crippen LogP contribution in [0.3, 0.4) is 0 Å². The van der Waals surface area contributed by atoms with E-state index in [0.717, 1.165) is 22.0 Å². The Morgan fingerprint density at radius 2 is 1.79 bits per heavy atom. The maximum Gasteiger partial charge on any atom is 0.196 e. The van der Waals surface area contributed by atoms with Crippen molar-refractivity contribution < 1.29 is 9.52 Å². The van der Waals surface area contributed by atoms with Crippen LogP contribution >= 0.6 is 0 Å². The number of hydrogen-bond donors (Lipinski definition) is 2. The highest BCUT2D eigenvalue weighted by Gasteiger charge is 2.13. The molecule has 1 atom stereocenters. The predicted molar refractivity (Wildman–Crippen MR) is 94.0 cm³/mol. The van der Waals surface area contributed by atoms with Crippen LogP contribution in [-0.4, -0.2) is 27.7 Å². The van der Waals surface area contributed by atoms with E-state index in [2.05, 4.69) is 15.3 Å². The van der Waals surface area contributed by atoms with Gasteiger partial charge in [0.25, 0.3) is 0 Å². The van der Waals surface area contributed by atoms with Crippen molar-refractivity contribution >= 4 is 27.9 Å². The van der Waals surface area contributed by atoms with E-state index in [0.29, 0.717) is 24.4 Å². The quantitative estimate of drug-likeness (QED) is 0.590. The minimum absolute atomic E-state index is 0.387. The number of anilines is 1. The summed E-state index contributed by atoms with van der Waals surface area (Å²) >= 11 is 0. The summed E-state index contributed by atoms with van der Waals surface area (Å²) in [6.07, 6.45) is 1.58. The zero-order valence-electron chi connectivity index (χ0n) is 13.0. The summed E-state index contributed by atoms with van der Waals surface area (Å²) in [5.41, 5.74) is 3.27. The van der Waals surface area contributed by atoms with E-state index in [1.165, 1.54) is 6.33 Å². The SMILES string of the molecule is OC(CNc1ncnc2c1oc1ccccc12)Cc1ccccc1. The highest BCUT2D eigenvalue weighted by Crippen LogP contribution is 2.30. The number of benzene rings is 2. The molecule has 0 saturated heterocycles. The summed E-state index contributed by atoms with van der Waals surface area (Å²) in [7, 11) is 0. The van der Waals surface area contributed by atoms with Crippen molar-refractivity contribution in [1.82, 2.24) is 9.97 Å². The van der Waals surface area contributed by atoms with Crippen LogP contribution in [0.4, 0.5) is 5.82 Å². The molecule has 0 aliphatic carbocycles. The van der Waals surface area contributed by atoms with Gasteiger partial charge in [0.2, 0.25) is 0 Å². The van der Waals surface area contributed by atoms with Crippen molar-refractivity contribution in [1.29, 1.82) is 0 Å². The van der Waals surface area contributed by atoms with E-state index in [4.69, 9.17) is 4.42 Å². The Hall–Kier alpha value is -2.92. The number of para-hydroxylation sites is 1. The number of furan rings is 1. The maximum absolute atomic E-state index is 10.2. The minimum atomic E-state index is -0.512. The molecule has 120 valence electrons. The molecule has 4 rings (SSSR count). The molecule has 4 aromatic rings. The number of aromatic nitrogens is 2. The van der Waals surface area contributed by atoms with Crippen LogP contribution in [0.25, 0.3) is 22.1 Å². The Kier molecular flexibility index (Phi) is 3.84. The normalized spacial score (nSPS) is 12.5. The molecule has 2 aromatic heterocycles. The van der Waals surface area contributed by atoms with Gasteiger partial charge in [0.05, 0.1) is 6.10 Å². The van der Waals surface area contributed by atoms with Crippen LogP contribution < -0.4 is 5.32 Å². The standard InChI is InChI=1S/C19H17N3O2/c23-14(10-13-6-2-1-3-7-13)11-20-19-18-17(21-12-22-19)15-8-4-5-9-16(15)24-18/h1-9,12,14,23H,10-11H2,(H,20,21,22). The first kappa shape index (κ1) is 14.7. The van der Waals surface area contributed by atoms with Gasteiger partial charge < -0.3 is 14.8 Å². The lowest BCUT2D eigenvalue weighted by atomic mass is 10.1. The third-order valence-electron chi connectivity index (χ3n) is 3.98. The highest BCUT2D eigenvalue weighted by molar-refractivity contribution is 6.05. The molecule has 1 unspecified atom stereocenters. The summed E-state index contributed by atoms with van der Waals surface area (Å²) in [5, 5.41) is 14.4. The zero-order chi connectivity index (χ0) is 16.4. The van der Waals surface area contributed by atoms with E-state index >= 15 is 0 Å². The van der Waals surface area contributed by atoms with Crippen molar-refractivity contribution in [3.8, 4) is 0 Å². The average molecular weight is 319 g/mol. The summed E-state index contributed by atoms with van der Waals surface area (Å²) < 4.78 is 5.87. The first-order chi connectivity index (χ1) is 11.8. The number of aliphatic hydroxyl groups is 1. The Morgan fingerprint density at radius 3 is 2.67 bits per heavy atom. The van der Waals surface area contributed by atoms with Crippen molar-refractivity contribution in [2.24, 2.45) is 0 Å². The van der Waals surface area contributed by atoms with Crippen molar-refractivity contribution in [2.75, 3.05) is 11.9 Å². The van der Waals surface area contributed by atoms with E-state index in [1.807, 2.05) is 54.6 Å². The second-order valence-corrected chi connectivity index (χ2v) is 5.72. The van der Waals surface area contributed by atoms with Crippen LogP contribution in [0.2, 0.25) is 0 Å². The van der Waals surface area contributed by atoms with E-state index in [1.54, 1.807) is 0 Å². The lowest BCUT2D eigenvalue weighted by Gasteiger charge is -2.12. The summed E-state index contributed by atoms with van der Waals surface area (Å²) in [4.78, 5) is 8.57. The highest BCUT2D eigenvalue weighted by atomic mass is 16.3. The number of aliphatic hydroxyl groups excluding tert-OH is 1. The average Bonchev–Trinajstić information content (AvgIpc) is 3.00. The van der Waals surface area contributed by atoms with Gasteiger partial charge >= 0.3 is 0 Å². The Balaban J connectivity index is 1.54. The van der Waals surface area contributed by atoms with Crippen LogP contribution in [0.15, 0.2) is 65.3 Å². The third-order valence-corrected chi connectivity index (χ3v) is 3.98. The molecular formula is C19H17N3O2. The molecule has 0 saturated carbocycles. The molecule has 5 heteroatoms. The van der Waals surface area contributed by atoms with E-state index < -0.39 is 6.10 Å². The molecule has 24 heavy (non-hydrogen) atoms. The molecule has 2 aromatic carbocycles. The molecule has 0 spiro atoms. The number of nitrogens with zero attached hydrogens (tertiary/aromatic N) is 2. The Bertz CT molecular complexity index is 966. The number of fused-ring (bicyclic) bond motifs is 3. The van der Waals surface area contributed by atoms with Gasteiger partial charge in [0, 0.05) is 18.4 Å². The van der Waals surface area contributed by atoms with Gasteiger partial charge in [-0.2, -0.15) is 0 Å². The lowest BCUT2D eigenvalue weighted by Crippen LogP contribution is -2.22. The molecule has 0 aliphatic heterocycles. The predicted octanol–water partition coefficient (Wildman–Crippen LogP) is 3.39. The summed E-state index contributed by atoms with van der Waals surface area (Å²) in [5.74, 6) is 0.600. The zero-order valence-corrected chi connectivity index (χ0v) is 13.0. The number of nitrogens with one attached hydrogen (secondary N) is 1. The molecule has 0 fully saturated rings. The van der Waals surface area contributed by atoms with E-state index in [9.17, 15) is 5.11 Å². The van der Waals surface area contributed by atoms with Gasteiger partial charge in [-0.3, -0.25) is 0 Å². The molecular weight excluding hydrogens is 302 g/mol. The van der Waals surface area contributed by atoms with Gasteiger partial charge in [-0.1, -0.05) is 42.5 Å². The fourth-order valence-electron chi connectivity index (χ4n) is 2.82. The number of rotatable bonds is 5. The minimum Gasteiger partial charge on any atom is -0.450 e. The second kappa shape index (κ2) is 6.29. The monoisotopic (exact) mass is 319 g/mol. The van der Waals surface area contributed by atoms with Crippen LogP contribution in [0, 0.1) is 0 Å². The Labute approximate surface area is 139 Å². The molecule has 5 nitrogen and oxygen atoms in total. The van der Waals surface area contributed by atoms with Gasteiger partial charge in [-0.15, -0.1) is 0 Å². The molecule has 0 radical (unpaired) electrons. The van der Waals surface area contributed by atoms with Crippen LogP contribution in [-0.2, 0) is 6.42 Å². The molecule has 2 heterocycles. The fourth-order valence-corrected chi connectivity index (χ4v) is 2.82. The van der Waals surface area contributed by atoms with Crippen molar-refractivity contribution in [3.63, 3.8) is 0 Å². The number of hydrogen-bond acceptors (Lipinski definition) is 5.